The normalized spacial score (nSPS) is 13.2. The van der Waals surface area contributed by atoms with Gasteiger partial charge in [-0.2, -0.15) is 0 Å². The third kappa shape index (κ3) is 8.25. The first kappa shape index (κ1) is 25.9. The fourth-order valence-corrected chi connectivity index (χ4v) is 3.29. The number of primary amides is 1. The van der Waals surface area contributed by atoms with Crippen LogP contribution in [0.15, 0.2) is 54.6 Å². The molecule has 0 radical (unpaired) electrons. The van der Waals surface area contributed by atoms with Gasteiger partial charge >= 0.3 is 6.09 Å². The van der Waals surface area contributed by atoms with Crippen LogP contribution in [0.1, 0.15) is 51.3 Å². The van der Waals surface area contributed by atoms with Gasteiger partial charge < -0.3 is 21.1 Å². The molecule has 0 spiro atoms. The van der Waals surface area contributed by atoms with Crippen LogP contribution in [-0.2, 0) is 32.8 Å². The number of benzene rings is 2. The average molecular weight is 454 g/mol. The predicted octanol–water partition coefficient (Wildman–Crippen LogP) is 3.45. The molecular formula is C26H35N3O4. The molecule has 0 aliphatic rings. The molecule has 7 nitrogen and oxygen atoms in total. The molecule has 0 aliphatic heterocycles. The minimum absolute atomic E-state index is 0.0150. The van der Waals surface area contributed by atoms with Crippen molar-refractivity contribution >= 4 is 17.9 Å². The number of rotatable bonds is 9. The highest BCUT2D eigenvalue weighted by Crippen LogP contribution is 2.22. The number of hydrogen-bond donors (Lipinski definition) is 3. The van der Waals surface area contributed by atoms with Crippen molar-refractivity contribution in [2.24, 2.45) is 11.7 Å². The first-order valence-corrected chi connectivity index (χ1v) is 11.1. The molecule has 0 bridgehead atoms. The first-order chi connectivity index (χ1) is 15.5. The zero-order chi connectivity index (χ0) is 24.6. The van der Waals surface area contributed by atoms with Crippen molar-refractivity contribution in [1.82, 2.24) is 10.6 Å². The van der Waals surface area contributed by atoms with Gasteiger partial charge in [-0.1, -0.05) is 89.2 Å². The molecule has 2 aromatic rings. The fraction of sp³-hybridized carbons (Fsp3) is 0.423. The lowest BCUT2D eigenvalue weighted by Gasteiger charge is -2.24. The maximum absolute atomic E-state index is 12.9. The number of hydrogen-bond acceptors (Lipinski definition) is 4. The van der Waals surface area contributed by atoms with E-state index in [1.165, 1.54) is 5.56 Å². The lowest BCUT2D eigenvalue weighted by atomic mass is 9.86. The second-order valence-corrected chi connectivity index (χ2v) is 9.54. The minimum Gasteiger partial charge on any atom is -0.445 e. The quantitative estimate of drug-likeness (QED) is 0.540. The topological polar surface area (TPSA) is 111 Å². The molecule has 0 saturated carbocycles. The highest BCUT2D eigenvalue weighted by molar-refractivity contribution is 5.91. The van der Waals surface area contributed by atoms with Gasteiger partial charge in [0, 0.05) is 6.42 Å². The van der Waals surface area contributed by atoms with Crippen molar-refractivity contribution in [2.75, 3.05) is 0 Å². The van der Waals surface area contributed by atoms with E-state index in [2.05, 4.69) is 31.4 Å². The number of nitrogens with one attached hydrogen (secondary N) is 2. The maximum Gasteiger partial charge on any atom is 0.408 e. The van der Waals surface area contributed by atoms with E-state index in [1.807, 2.05) is 54.6 Å². The molecule has 2 rings (SSSR count). The van der Waals surface area contributed by atoms with Crippen molar-refractivity contribution < 1.29 is 19.1 Å². The Hall–Kier alpha value is -3.35. The van der Waals surface area contributed by atoms with E-state index in [0.29, 0.717) is 0 Å². The van der Waals surface area contributed by atoms with Crippen molar-refractivity contribution in [3.8, 4) is 0 Å². The fourth-order valence-electron chi connectivity index (χ4n) is 3.29. The Bertz CT molecular complexity index is 934. The summed E-state index contributed by atoms with van der Waals surface area (Å²) in [4.78, 5) is 37.2. The standard InChI is InChI=1S/C26H35N3O4/c1-17(2)22(29-25(32)33-16-19-9-7-6-8-10-19)24(31)28-21(23(27)30)15-18-11-13-20(14-12-18)26(3,4)5/h6-14,17,21-22H,15-16H2,1-5H3,(H2,27,30)(H,28,31)(H,29,32)/t21-,22-/m1/s1. The monoisotopic (exact) mass is 453 g/mol. The van der Waals surface area contributed by atoms with Crippen molar-refractivity contribution in [3.05, 3.63) is 71.3 Å². The molecule has 0 aromatic heterocycles. The number of carbonyl (C=O) groups excluding carboxylic acids is 3. The van der Waals surface area contributed by atoms with Gasteiger partial charge in [-0.15, -0.1) is 0 Å². The maximum atomic E-state index is 12.9. The molecule has 0 unspecified atom stereocenters. The van der Waals surface area contributed by atoms with Gasteiger partial charge in [0.1, 0.15) is 18.7 Å². The molecule has 33 heavy (non-hydrogen) atoms. The van der Waals surface area contributed by atoms with Crippen molar-refractivity contribution in [1.29, 1.82) is 0 Å². The third-order valence-corrected chi connectivity index (χ3v) is 5.35. The van der Waals surface area contributed by atoms with Crippen LogP contribution >= 0.6 is 0 Å². The van der Waals surface area contributed by atoms with E-state index in [-0.39, 0.29) is 24.4 Å². The summed E-state index contributed by atoms with van der Waals surface area (Å²) >= 11 is 0. The molecular weight excluding hydrogens is 418 g/mol. The van der Waals surface area contributed by atoms with Crippen LogP contribution in [0.25, 0.3) is 0 Å². The van der Waals surface area contributed by atoms with Crippen LogP contribution in [0.2, 0.25) is 0 Å². The molecule has 7 heteroatoms. The van der Waals surface area contributed by atoms with E-state index < -0.39 is 30.0 Å². The van der Waals surface area contributed by atoms with E-state index in [9.17, 15) is 14.4 Å². The van der Waals surface area contributed by atoms with Gasteiger partial charge in [0.05, 0.1) is 0 Å². The van der Waals surface area contributed by atoms with Crippen LogP contribution in [0, 0.1) is 5.92 Å². The van der Waals surface area contributed by atoms with E-state index in [4.69, 9.17) is 10.5 Å². The number of nitrogens with two attached hydrogens (primary N) is 1. The molecule has 178 valence electrons. The number of carbonyl (C=O) groups is 3. The zero-order valence-corrected chi connectivity index (χ0v) is 20.1. The molecule has 0 aliphatic carbocycles. The summed E-state index contributed by atoms with van der Waals surface area (Å²) in [6.07, 6.45) is -0.449. The lowest BCUT2D eigenvalue weighted by Crippen LogP contribution is -2.55. The Balaban J connectivity index is 2.00. The summed E-state index contributed by atoms with van der Waals surface area (Å²) in [5.41, 5.74) is 8.46. The van der Waals surface area contributed by atoms with Gasteiger partial charge in [0.25, 0.3) is 0 Å². The molecule has 2 atom stereocenters. The minimum atomic E-state index is -0.902. The van der Waals surface area contributed by atoms with E-state index in [0.717, 1.165) is 11.1 Å². The zero-order valence-electron chi connectivity index (χ0n) is 20.1. The number of alkyl carbamates (subject to hydrolysis) is 1. The Morgan fingerprint density at radius 1 is 0.909 bits per heavy atom. The smallest absolute Gasteiger partial charge is 0.408 e. The summed E-state index contributed by atoms with van der Waals surface area (Å²) in [6.45, 7) is 10.1. The molecule has 0 fully saturated rings. The number of ether oxygens (including phenoxy) is 1. The van der Waals surface area contributed by atoms with Gasteiger partial charge in [-0.25, -0.2) is 4.79 Å². The number of amides is 3. The highest BCUT2D eigenvalue weighted by Gasteiger charge is 2.28. The molecule has 3 amide bonds. The third-order valence-electron chi connectivity index (χ3n) is 5.35. The summed E-state index contributed by atoms with van der Waals surface area (Å²) in [5, 5.41) is 5.28. The van der Waals surface area contributed by atoms with Crippen LogP contribution in [0.5, 0.6) is 0 Å². The van der Waals surface area contributed by atoms with Crippen LogP contribution < -0.4 is 16.4 Å². The Morgan fingerprint density at radius 2 is 1.52 bits per heavy atom. The van der Waals surface area contributed by atoms with Crippen molar-refractivity contribution in [3.63, 3.8) is 0 Å². The van der Waals surface area contributed by atoms with Crippen LogP contribution in [-0.4, -0.2) is 30.0 Å². The molecule has 2 aromatic carbocycles. The van der Waals surface area contributed by atoms with Gasteiger partial charge in [0.15, 0.2) is 0 Å². The highest BCUT2D eigenvalue weighted by atomic mass is 16.5. The predicted molar refractivity (Wildman–Crippen MR) is 128 cm³/mol. The van der Waals surface area contributed by atoms with Crippen molar-refractivity contribution in [2.45, 2.75) is 65.1 Å². The van der Waals surface area contributed by atoms with Gasteiger partial charge in [0.2, 0.25) is 11.8 Å². The van der Waals surface area contributed by atoms with E-state index in [1.54, 1.807) is 13.8 Å². The van der Waals surface area contributed by atoms with Gasteiger partial charge in [-0.3, -0.25) is 9.59 Å². The molecule has 0 saturated heterocycles. The lowest BCUT2D eigenvalue weighted by molar-refractivity contribution is -0.129. The average Bonchev–Trinajstić information content (AvgIpc) is 2.75. The summed E-state index contributed by atoms with van der Waals surface area (Å²) in [7, 11) is 0. The second kappa shape index (κ2) is 11.5. The second-order valence-electron chi connectivity index (χ2n) is 9.54. The van der Waals surface area contributed by atoms with Crippen LogP contribution in [0.3, 0.4) is 0 Å². The Morgan fingerprint density at radius 3 is 2.03 bits per heavy atom. The van der Waals surface area contributed by atoms with Gasteiger partial charge in [-0.05, 0) is 28.0 Å². The molecule has 4 N–H and O–H groups in total. The van der Waals surface area contributed by atoms with E-state index >= 15 is 0 Å². The SMILES string of the molecule is CC(C)[C@@H](NC(=O)OCc1ccccc1)C(=O)N[C@H](Cc1ccc(C(C)(C)C)cc1)C(N)=O. The summed E-state index contributed by atoms with van der Waals surface area (Å²) < 4.78 is 5.22. The Kier molecular flexibility index (Phi) is 9.02. The largest absolute Gasteiger partial charge is 0.445 e. The molecule has 0 heterocycles. The summed E-state index contributed by atoms with van der Waals surface area (Å²) in [6, 6.07) is 15.4. The Labute approximate surface area is 196 Å². The first-order valence-electron chi connectivity index (χ1n) is 11.1. The summed E-state index contributed by atoms with van der Waals surface area (Å²) in [5.74, 6) is -1.36. The van der Waals surface area contributed by atoms with Crippen LogP contribution in [0.4, 0.5) is 4.79 Å².